The van der Waals surface area contributed by atoms with Gasteiger partial charge in [-0.25, -0.2) is 0 Å². The molecule has 0 radical (unpaired) electrons. The molecular formula is C51H68N4O17. The number of carbonyl (C=O) groups is 5. The highest BCUT2D eigenvalue weighted by molar-refractivity contribution is 6.24. The van der Waals surface area contributed by atoms with Gasteiger partial charge >= 0.3 is 0 Å². The SMILES string of the molecule is C=C1CCC(N2C(=O)c3cccc(OCC(=O)NCCOCCOCCOCCOCCOCCOCCOCCNC(=O)COc4cccc(C(O)CCc5ccc(OC)c(OC)c5)c4)c3C2=O)C(=O)N1. The number of allylic oxidation sites excluding steroid dienone is 1. The Hall–Kier alpha value is -6.17. The highest BCUT2D eigenvalue weighted by atomic mass is 16.6. The van der Waals surface area contributed by atoms with E-state index in [1.807, 2.05) is 24.3 Å². The molecule has 3 aromatic rings. The van der Waals surface area contributed by atoms with E-state index in [0.29, 0.717) is 140 Å². The van der Waals surface area contributed by atoms with Crippen LogP contribution in [-0.2, 0) is 54.0 Å². The molecule has 0 aliphatic carbocycles. The van der Waals surface area contributed by atoms with Gasteiger partial charge in [-0.3, -0.25) is 28.9 Å². The zero-order valence-corrected chi connectivity index (χ0v) is 41.1. The molecule has 394 valence electrons. The number of carbonyl (C=O) groups excluding carboxylic acids is 5. The maximum absolute atomic E-state index is 13.2. The van der Waals surface area contributed by atoms with Crippen LogP contribution in [0.4, 0.5) is 0 Å². The van der Waals surface area contributed by atoms with Crippen LogP contribution in [0.3, 0.4) is 0 Å². The smallest absolute Gasteiger partial charge is 0.266 e. The number of hydrogen-bond donors (Lipinski definition) is 4. The summed E-state index contributed by atoms with van der Waals surface area (Å²) < 4.78 is 60.4. The molecule has 3 aromatic carbocycles. The number of piperidine rings is 1. The van der Waals surface area contributed by atoms with E-state index < -0.39 is 35.8 Å². The van der Waals surface area contributed by atoms with E-state index in [9.17, 15) is 29.1 Å². The van der Waals surface area contributed by atoms with Crippen molar-refractivity contribution in [2.75, 3.05) is 133 Å². The fourth-order valence-electron chi connectivity index (χ4n) is 7.34. The van der Waals surface area contributed by atoms with Crippen LogP contribution >= 0.6 is 0 Å². The third-order valence-electron chi connectivity index (χ3n) is 11.0. The Kier molecular flexibility index (Phi) is 25.2. The van der Waals surface area contributed by atoms with E-state index in [4.69, 9.17) is 52.1 Å². The number of aliphatic hydroxyl groups is 1. The lowest BCUT2D eigenvalue weighted by atomic mass is 10.0. The number of nitrogens with zero attached hydrogens (tertiary/aromatic N) is 1. The molecule has 2 unspecified atom stereocenters. The number of ether oxygens (including phenoxy) is 11. The molecule has 1 fully saturated rings. The van der Waals surface area contributed by atoms with Crippen LogP contribution in [0.2, 0.25) is 0 Å². The Labute approximate surface area is 419 Å². The lowest BCUT2D eigenvalue weighted by molar-refractivity contribution is -0.125. The molecule has 2 heterocycles. The molecule has 0 aromatic heterocycles. The number of amides is 5. The molecule has 21 heteroatoms. The van der Waals surface area contributed by atoms with Crippen LogP contribution < -0.4 is 34.9 Å². The summed E-state index contributed by atoms with van der Waals surface area (Å²) in [6.45, 7) is 8.96. The monoisotopic (exact) mass is 1010 g/mol. The number of nitrogens with one attached hydrogen (secondary N) is 3. The van der Waals surface area contributed by atoms with Gasteiger partial charge in [0, 0.05) is 18.8 Å². The zero-order chi connectivity index (χ0) is 51.3. The predicted molar refractivity (Wildman–Crippen MR) is 259 cm³/mol. The molecule has 5 amide bonds. The van der Waals surface area contributed by atoms with E-state index in [2.05, 4.69) is 22.5 Å². The number of rotatable bonds is 37. The normalized spacial score (nSPS) is 14.7. The summed E-state index contributed by atoms with van der Waals surface area (Å²) in [6.07, 6.45) is 1.14. The maximum atomic E-state index is 13.2. The molecule has 72 heavy (non-hydrogen) atoms. The van der Waals surface area contributed by atoms with Crippen LogP contribution in [0.25, 0.3) is 0 Å². The Morgan fingerprint density at radius 2 is 1.21 bits per heavy atom. The van der Waals surface area contributed by atoms with Crippen molar-refractivity contribution in [1.82, 2.24) is 20.9 Å². The third kappa shape index (κ3) is 19.1. The first-order chi connectivity index (χ1) is 35.1. The van der Waals surface area contributed by atoms with Gasteiger partial charge in [0.2, 0.25) is 5.91 Å². The summed E-state index contributed by atoms with van der Waals surface area (Å²) in [6, 6.07) is 16.3. The highest BCUT2D eigenvalue weighted by Gasteiger charge is 2.45. The summed E-state index contributed by atoms with van der Waals surface area (Å²) >= 11 is 0. The van der Waals surface area contributed by atoms with Gasteiger partial charge in [-0.1, -0.05) is 30.8 Å². The number of aliphatic hydroxyl groups excluding tert-OH is 1. The van der Waals surface area contributed by atoms with Gasteiger partial charge in [-0.2, -0.15) is 0 Å². The largest absolute Gasteiger partial charge is 0.493 e. The molecular weight excluding hydrogens is 941 g/mol. The summed E-state index contributed by atoms with van der Waals surface area (Å²) in [7, 11) is 3.17. The van der Waals surface area contributed by atoms with Crippen LogP contribution in [-0.4, -0.2) is 179 Å². The molecule has 2 atom stereocenters. The molecule has 2 aliphatic rings. The topological polar surface area (TPSA) is 246 Å². The second-order valence-electron chi connectivity index (χ2n) is 16.2. The molecule has 0 bridgehead atoms. The predicted octanol–water partition coefficient (Wildman–Crippen LogP) is 2.56. The number of imide groups is 1. The lowest BCUT2D eigenvalue weighted by Crippen LogP contribution is -2.51. The second kappa shape index (κ2) is 32.0. The van der Waals surface area contributed by atoms with Crippen LogP contribution in [0.1, 0.15) is 57.2 Å². The van der Waals surface area contributed by atoms with Crippen molar-refractivity contribution in [3.8, 4) is 23.0 Å². The van der Waals surface area contributed by atoms with Crippen molar-refractivity contribution in [1.29, 1.82) is 0 Å². The van der Waals surface area contributed by atoms with Gasteiger partial charge in [-0.05, 0) is 73.2 Å². The Balaban J connectivity index is 0.741. The molecule has 5 rings (SSSR count). The van der Waals surface area contributed by atoms with E-state index in [1.54, 1.807) is 38.5 Å². The Morgan fingerprint density at radius 3 is 1.76 bits per heavy atom. The number of benzene rings is 3. The first-order valence-corrected chi connectivity index (χ1v) is 23.9. The Morgan fingerprint density at radius 1 is 0.667 bits per heavy atom. The number of hydrogen-bond acceptors (Lipinski definition) is 17. The van der Waals surface area contributed by atoms with E-state index in [0.717, 1.165) is 10.5 Å². The zero-order valence-electron chi connectivity index (χ0n) is 41.1. The van der Waals surface area contributed by atoms with Gasteiger partial charge in [0.15, 0.2) is 24.7 Å². The van der Waals surface area contributed by atoms with Crippen molar-refractivity contribution >= 4 is 29.5 Å². The summed E-state index contributed by atoms with van der Waals surface area (Å²) in [5.74, 6) is -0.565. The minimum atomic E-state index is -0.949. The average molecular weight is 1010 g/mol. The molecule has 21 nitrogen and oxygen atoms in total. The molecule has 0 saturated carbocycles. The quantitative estimate of drug-likeness (QED) is 0.0479. The van der Waals surface area contributed by atoms with Crippen molar-refractivity contribution in [2.45, 2.75) is 37.8 Å². The van der Waals surface area contributed by atoms with Crippen LogP contribution in [0.5, 0.6) is 23.0 Å². The minimum absolute atomic E-state index is 0.0257. The summed E-state index contributed by atoms with van der Waals surface area (Å²) in [4.78, 5) is 64.3. The average Bonchev–Trinajstić information content (AvgIpc) is 3.64. The highest BCUT2D eigenvalue weighted by Crippen LogP contribution is 2.34. The summed E-state index contributed by atoms with van der Waals surface area (Å²) in [5, 5.41) is 18.8. The number of methoxy groups -OCH3 is 2. The molecule has 1 saturated heterocycles. The fraction of sp³-hybridized carbons (Fsp3) is 0.510. The van der Waals surface area contributed by atoms with Crippen molar-refractivity contribution < 1.29 is 81.2 Å². The maximum Gasteiger partial charge on any atom is 0.266 e. The molecule has 4 N–H and O–H groups in total. The number of fused-ring (bicyclic) bond motifs is 1. The van der Waals surface area contributed by atoms with Crippen LogP contribution in [0, 0.1) is 0 Å². The minimum Gasteiger partial charge on any atom is -0.493 e. The standard InChI is InChI=1S/C51H68N4O17/c1-36-10-13-41(49(59)54-36)55-50(60)40-8-5-9-44(48(40)51(55)61)72-35-47(58)53-17-19-65-21-23-67-25-27-69-29-31-70-30-28-68-26-24-66-22-20-64-18-16-52-46(57)34-71-39-7-4-6-38(33-39)42(56)14-11-37-12-15-43(62-2)45(32-37)63-3/h4-9,12,15,32-33,41-42,56H,1,10-11,13-14,16-31,34-35H2,2-3H3,(H,52,57)(H,53,58)(H,54,59). The fourth-order valence-corrected chi connectivity index (χ4v) is 7.34. The van der Waals surface area contributed by atoms with Gasteiger partial charge in [0.25, 0.3) is 23.6 Å². The van der Waals surface area contributed by atoms with E-state index in [1.165, 1.54) is 12.1 Å². The third-order valence-corrected chi connectivity index (χ3v) is 11.0. The van der Waals surface area contributed by atoms with Crippen molar-refractivity contribution in [3.05, 3.63) is 95.2 Å². The van der Waals surface area contributed by atoms with Gasteiger partial charge in [0.1, 0.15) is 17.5 Å². The lowest BCUT2D eigenvalue weighted by Gasteiger charge is -2.29. The second-order valence-corrected chi connectivity index (χ2v) is 16.2. The first-order valence-electron chi connectivity index (χ1n) is 23.9. The van der Waals surface area contributed by atoms with Crippen LogP contribution in [0.15, 0.2) is 72.9 Å². The van der Waals surface area contributed by atoms with E-state index >= 15 is 0 Å². The van der Waals surface area contributed by atoms with E-state index in [-0.39, 0.29) is 55.6 Å². The van der Waals surface area contributed by atoms with Gasteiger partial charge in [0.05, 0.1) is 124 Å². The van der Waals surface area contributed by atoms with Gasteiger partial charge in [-0.15, -0.1) is 0 Å². The number of aryl methyl sites for hydroxylation is 1. The van der Waals surface area contributed by atoms with Crippen molar-refractivity contribution in [2.24, 2.45) is 0 Å². The van der Waals surface area contributed by atoms with Gasteiger partial charge < -0.3 is 73.2 Å². The Bertz CT molecular complexity index is 2210. The molecule has 0 spiro atoms. The first kappa shape index (κ1) is 56.7. The molecule has 2 aliphatic heterocycles. The van der Waals surface area contributed by atoms with Crippen molar-refractivity contribution in [3.63, 3.8) is 0 Å². The summed E-state index contributed by atoms with van der Waals surface area (Å²) in [5.41, 5.74) is 2.39.